The second-order valence-corrected chi connectivity index (χ2v) is 25.1. The van der Waals surface area contributed by atoms with Gasteiger partial charge in [-0.05, 0) is 148 Å². The van der Waals surface area contributed by atoms with E-state index in [9.17, 15) is 0 Å². The van der Waals surface area contributed by atoms with Crippen molar-refractivity contribution in [2.45, 2.75) is 142 Å². The first kappa shape index (κ1) is 43.6. The van der Waals surface area contributed by atoms with Gasteiger partial charge in [0.1, 0.15) is 17.9 Å². The van der Waals surface area contributed by atoms with Crippen LogP contribution in [0.3, 0.4) is 0 Å². The van der Waals surface area contributed by atoms with Crippen molar-refractivity contribution in [1.29, 1.82) is 0 Å². The fourth-order valence-corrected chi connectivity index (χ4v) is 11.0. The first-order valence-electron chi connectivity index (χ1n) is 22.1. The Morgan fingerprint density at radius 2 is 1.26 bits per heavy atom. The molecule has 3 aliphatic rings. The van der Waals surface area contributed by atoms with E-state index in [2.05, 4.69) is 114 Å². The number of rotatable bonds is 11. The maximum atomic E-state index is 17.6. The van der Waals surface area contributed by atoms with E-state index in [0.717, 1.165) is 96.3 Å². The Morgan fingerprint density at radius 1 is 0.738 bits per heavy atom. The standard InChI is InChI=1S/C52H60Cl2F2N2O2Si/c1-32-26-27-33(2)57(32)31-44(48-43(30-52(6,7)36-20-11-10-12-21-36)58(48)47-39(53)24-17-25-40(47)54)59-49-41(55)28-34-18-13-15-22-37(34)45(49)46-38-23-16-14-19-35(38)29-42(56)50(46)60-61(8,9)51(3,4)5/h10-12,17,20-21,24-30,44,48H,13-16,18-19,22-23,31H2,1-9H3/b43-30-/t44-,48?,58?/m0/s1. The minimum Gasteiger partial charge on any atom is -0.541 e. The molecule has 8 rings (SSSR count). The van der Waals surface area contributed by atoms with Crippen LogP contribution >= 0.6 is 23.2 Å². The Labute approximate surface area is 373 Å². The smallest absolute Gasteiger partial charge is 0.250 e. The van der Waals surface area contributed by atoms with Crippen molar-refractivity contribution < 1.29 is 17.9 Å². The molecule has 1 aliphatic heterocycles. The van der Waals surface area contributed by atoms with Gasteiger partial charge >= 0.3 is 0 Å². The summed E-state index contributed by atoms with van der Waals surface area (Å²) in [5, 5.41) is 0.839. The van der Waals surface area contributed by atoms with Crippen molar-refractivity contribution in [2.24, 2.45) is 0 Å². The highest BCUT2D eigenvalue weighted by atomic mass is 35.5. The number of para-hydroxylation sites is 1. The Balaban J connectivity index is 1.37. The summed E-state index contributed by atoms with van der Waals surface area (Å²) in [7, 11) is -2.58. The van der Waals surface area contributed by atoms with Gasteiger partial charge in [-0.3, -0.25) is 0 Å². The lowest BCUT2D eigenvalue weighted by atomic mass is 9.80. The zero-order valence-corrected chi connectivity index (χ0v) is 39.8. The Bertz CT molecular complexity index is 2460. The molecule has 2 aliphatic carbocycles. The summed E-state index contributed by atoms with van der Waals surface area (Å²) in [5.74, 6) is -0.423. The van der Waals surface area contributed by atoms with Gasteiger partial charge in [-0.25, -0.2) is 8.78 Å². The maximum absolute atomic E-state index is 17.6. The SMILES string of the molecule is Cc1ccc(C)n1C[C@H](Oc1c(F)cc2c(c1-c1c3c(cc(F)c1O[Si](C)(C)C(C)(C)C)CCCC3)CCCC2)C1/C(=C/C(C)(C)c2ccccc2)N1c1c(Cl)cccc1Cl. The van der Waals surface area contributed by atoms with Crippen LogP contribution in [0.1, 0.15) is 99.5 Å². The molecule has 4 aromatic carbocycles. The molecule has 322 valence electrons. The van der Waals surface area contributed by atoms with E-state index in [1.807, 2.05) is 24.3 Å². The Morgan fingerprint density at radius 3 is 1.82 bits per heavy atom. The summed E-state index contributed by atoms with van der Waals surface area (Å²) in [6.45, 7) is 19.8. The third-order valence-electron chi connectivity index (χ3n) is 13.9. The van der Waals surface area contributed by atoms with Gasteiger partial charge in [0, 0.05) is 33.6 Å². The molecule has 2 atom stereocenters. The molecule has 4 nitrogen and oxygen atoms in total. The predicted molar refractivity (Wildman–Crippen MR) is 252 cm³/mol. The third-order valence-corrected chi connectivity index (χ3v) is 18.9. The largest absolute Gasteiger partial charge is 0.541 e. The lowest BCUT2D eigenvalue weighted by molar-refractivity contribution is 0.174. The van der Waals surface area contributed by atoms with Crippen molar-refractivity contribution in [1.82, 2.24) is 4.57 Å². The van der Waals surface area contributed by atoms with E-state index < -0.39 is 20.2 Å². The van der Waals surface area contributed by atoms with E-state index >= 15 is 8.78 Å². The average Bonchev–Trinajstić information content (AvgIpc) is 3.79. The number of fused-ring (bicyclic) bond motifs is 2. The lowest BCUT2D eigenvalue weighted by Crippen LogP contribution is -2.44. The van der Waals surface area contributed by atoms with E-state index in [4.69, 9.17) is 32.4 Å². The van der Waals surface area contributed by atoms with Gasteiger partial charge in [0.25, 0.3) is 8.32 Å². The van der Waals surface area contributed by atoms with E-state index in [-0.39, 0.29) is 33.8 Å². The average molecular weight is 882 g/mol. The van der Waals surface area contributed by atoms with Gasteiger partial charge in [0.05, 0.1) is 22.3 Å². The number of aryl methyl sites for hydroxylation is 4. The van der Waals surface area contributed by atoms with Crippen molar-refractivity contribution in [3.63, 3.8) is 0 Å². The molecule has 0 radical (unpaired) electrons. The normalized spacial score (nSPS) is 17.9. The topological polar surface area (TPSA) is 26.4 Å². The number of aromatic nitrogens is 1. The fourth-order valence-electron chi connectivity index (χ4n) is 9.42. The van der Waals surface area contributed by atoms with Gasteiger partial charge in [-0.2, -0.15) is 0 Å². The molecule has 0 saturated carbocycles. The molecule has 0 N–H and O–H groups in total. The summed E-state index contributed by atoms with van der Waals surface area (Å²) in [6.07, 6.45) is 8.54. The highest BCUT2D eigenvalue weighted by Crippen LogP contribution is 2.54. The van der Waals surface area contributed by atoms with E-state index in [1.165, 1.54) is 0 Å². The lowest BCUT2D eigenvalue weighted by Gasteiger charge is -2.38. The van der Waals surface area contributed by atoms with Crippen LogP contribution in [0.5, 0.6) is 11.5 Å². The molecular weight excluding hydrogens is 822 g/mol. The minimum absolute atomic E-state index is 0.158. The third kappa shape index (κ3) is 8.32. The number of allylic oxidation sites excluding steroid dienone is 1. The second kappa shape index (κ2) is 16.6. The van der Waals surface area contributed by atoms with Crippen LogP contribution in [0.2, 0.25) is 28.2 Å². The summed E-state index contributed by atoms with van der Waals surface area (Å²) >= 11 is 14.1. The zero-order chi connectivity index (χ0) is 43.6. The summed E-state index contributed by atoms with van der Waals surface area (Å²) in [5.41, 5.74) is 9.96. The molecule has 0 bridgehead atoms. The Kier molecular flexibility index (Phi) is 11.9. The molecule has 9 heteroatoms. The van der Waals surface area contributed by atoms with E-state index in [1.54, 1.807) is 12.1 Å². The zero-order valence-electron chi connectivity index (χ0n) is 37.2. The van der Waals surface area contributed by atoms with Crippen LogP contribution < -0.4 is 14.1 Å². The van der Waals surface area contributed by atoms with Crippen LogP contribution in [0.4, 0.5) is 14.5 Å². The highest BCUT2D eigenvalue weighted by Gasteiger charge is 2.52. The molecule has 1 unspecified atom stereocenters. The van der Waals surface area contributed by atoms with E-state index in [0.29, 0.717) is 33.4 Å². The summed E-state index contributed by atoms with van der Waals surface area (Å²) in [6, 6.07) is 23.2. The maximum Gasteiger partial charge on any atom is 0.250 e. The van der Waals surface area contributed by atoms with Crippen LogP contribution in [-0.2, 0) is 37.6 Å². The van der Waals surface area contributed by atoms with Crippen molar-refractivity contribution in [2.75, 3.05) is 4.90 Å². The fraction of sp³-hybridized carbons (Fsp3) is 0.423. The second-order valence-electron chi connectivity index (χ2n) is 19.6. The number of nitrogens with zero attached hydrogens (tertiary/aromatic N) is 2. The molecule has 0 spiro atoms. The first-order chi connectivity index (χ1) is 28.9. The van der Waals surface area contributed by atoms with Crippen LogP contribution in [-0.4, -0.2) is 25.0 Å². The van der Waals surface area contributed by atoms with Crippen LogP contribution in [0.25, 0.3) is 11.1 Å². The molecule has 61 heavy (non-hydrogen) atoms. The van der Waals surface area contributed by atoms with Crippen LogP contribution in [0, 0.1) is 25.5 Å². The molecule has 1 fully saturated rings. The van der Waals surface area contributed by atoms with Crippen molar-refractivity contribution in [3.05, 3.63) is 145 Å². The molecule has 2 heterocycles. The number of hydrogen-bond acceptors (Lipinski definition) is 3. The number of benzene rings is 4. The molecule has 5 aromatic rings. The predicted octanol–water partition coefficient (Wildman–Crippen LogP) is 14.7. The minimum atomic E-state index is -2.58. The monoisotopic (exact) mass is 880 g/mol. The van der Waals surface area contributed by atoms with Gasteiger partial charge in [-0.1, -0.05) is 100 Å². The van der Waals surface area contributed by atoms with Crippen molar-refractivity contribution >= 4 is 37.2 Å². The molecule has 0 amide bonds. The molecule has 1 aromatic heterocycles. The quantitative estimate of drug-likeness (QED) is 0.0977. The van der Waals surface area contributed by atoms with Gasteiger partial charge < -0.3 is 18.6 Å². The number of hydrogen-bond donors (Lipinski definition) is 0. The molecular formula is C52H60Cl2F2N2O2Si. The highest BCUT2D eigenvalue weighted by molar-refractivity contribution is 6.74. The molecule has 1 saturated heterocycles. The van der Waals surface area contributed by atoms with Crippen LogP contribution in [0.15, 0.2) is 84.6 Å². The van der Waals surface area contributed by atoms with Gasteiger partial charge in [0.2, 0.25) is 0 Å². The van der Waals surface area contributed by atoms with Gasteiger partial charge in [-0.15, -0.1) is 0 Å². The number of ether oxygens (including phenoxy) is 1. The van der Waals surface area contributed by atoms with Crippen molar-refractivity contribution in [3.8, 4) is 22.6 Å². The summed E-state index contributed by atoms with van der Waals surface area (Å²) in [4.78, 5) is 2.17. The Hall–Kier alpha value is -4.04. The number of halogens is 4. The summed E-state index contributed by atoms with van der Waals surface area (Å²) < 4.78 is 51.4. The number of anilines is 1. The first-order valence-corrected chi connectivity index (χ1v) is 25.7. The van der Waals surface area contributed by atoms with Gasteiger partial charge in [0.15, 0.2) is 17.4 Å².